The highest BCUT2D eigenvalue weighted by Crippen LogP contribution is 2.24. The van der Waals surface area contributed by atoms with Crippen LogP contribution in [0.4, 0.5) is 0 Å². The maximum absolute atomic E-state index is 12.0. The molecule has 3 aromatic rings. The topological polar surface area (TPSA) is 77.8 Å². The molecule has 0 aliphatic heterocycles. The third-order valence-electron chi connectivity index (χ3n) is 4.85. The van der Waals surface area contributed by atoms with Gasteiger partial charge in [0, 0.05) is 49.1 Å². The van der Waals surface area contributed by atoms with Gasteiger partial charge in [0.05, 0.1) is 7.92 Å². The van der Waals surface area contributed by atoms with Crippen LogP contribution in [0.5, 0.6) is 5.75 Å². The molecule has 0 aliphatic carbocycles. The zero-order chi connectivity index (χ0) is 26.5. The van der Waals surface area contributed by atoms with Gasteiger partial charge in [-0.15, -0.1) is 0 Å². The SMILES string of the molecule is [2H]OC(=O)[C@@]([2H])(OCC)C([2H])([2H])c1ccc(OCCn2c(C)ccc2-c2ccc(S(C)=O)cc2)cc1. The van der Waals surface area contributed by atoms with E-state index >= 15 is 0 Å². The van der Waals surface area contributed by atoms with E-state index in [9.17, 15) is 9.00 Å². The molecule has 2 aromatic carbocycles. The molecule has 1 unspecified atom stereocenters. The molecular formula is C25H29NO5S. The van der Waals surface area contributed by atoms with Crippen LogP contribution in [0.25, 0.3) is 12.7 Å². The van der Waals surface area contributed by atoms with Gasteiger partial charge >= 0.3 is 5.97 Å². The first-order chi connectivity index (χ1) is 17.0. The summed E-state index contributed by atoms with van der Waals surface area (Å²) in [6, 6.07) is 17.6. The number of carbonyl (C=O) groups is 1. The van der Waals surface area contributed by atoms with Gasteiger partial charge in [-0.3, -0.25) is 4.21 Å². The standard InChI is InChI=1S/C25H29NO5S/c1-4-30-24(25(27)28)17-19-6-10-21(11-7-19)31-16-15-26-18(2)5-14-23(26)20-8-12-22(13-9-20)32(3)29/h5-14,24H,4,15-17H2,1-3H3,(H,27,28)/t24-,32?/m0/s1/i17D2,24D/hD. The molecule has 170 valence electrons. The zero-order valence-electron chi connectivity index (χ0n) is 22.3. The van der Waals surface area contributed by atoms with Crippen molar-refractivity contribution in [3.8, 4) is 17.0 Å². The van der Waals surface area contributed by atoms with E-state index < -0.39 is 29.2 Å². The van der Waals surface area contributed by atoms with Crippen LogP contribution < -0.4 is 4.74 Å². The Morgan fingerprint density at radius 1 is 1.19 bits per heavy atom. The Bertz CT molecular complexity index is 1210. The molecule has 1 aromatic heterocycles. The number of aromatic nitrogens is 1. The van der Waals surface area contributed by atoms with Crippen LogP contribution in [0, 0.1) is 6.92 Å². The minimum atomic E-state index is -2.72. The molecule has 6 nitrogen and oxygen atoms in total. The number of aryl methyl sites for hydroxylation is 1. The van der Waals surface area contributed by atoms with Crippen LogP contribution in [0.1, 0.15) is 22.3 Å². The highest BCUT2D eigenvalue weighted by molar-refractivity contribution is 7.84. The first kappa shape index (κ1) is 18.7. The number of nitrogens with zero attached hydrogens (tertiary/aromatic N) is 1. The van der Waals surface area contributed by atoms with Gasteiger partial charge in [0.2, 0.25) is 0 Å². The second-order valence-corrected chi connectivity index (χ2v) is 8.42. The van der Waals surface area contributed by atoms with Crippen LogP contribution in [-0.4, -0.2) is 45.4 Å². The molecule has 0 fully saturated rings. The largest absolute Gasteiger partial charge is 0.492 e. The van der Waals surface area contributed by atoms with Gasteiger partial charge in [0.25, 0.3) is 1.43 Å². The first-order valence-electron chi connectivity index (χ1n) is 12.1. The van der Waals surface area contributed by atoms with Crippen molar-refractivity contribution >= 4 is 16.8 Å². The zero-order valence-corrected chi connectivity index (χ0v) is 19.1. The van der Waals surface area contributed by atoms with Crippen molar-refractivity contribution in [3.63, 3.8) is 0 Å². The monoisotopic (exact) mass is 459 g/mol. The number of carboxylic acids is 1. The second-order valence-electron chi connectivity index (χ2n) is 7.04. The van der Waals surface area contributed by atoms with E-state index in [1.54, 1.807) is 18.4 Å². The maximum Gasteiger partial charge on any atom is 0.333 e. The number of benzene rings is 2. The first-order valence-corrected chi connectivity index (χ1v) is 11.8. The van der Waals surface area contributed by atoms with Crippen molar-refractivity contribution in [2.45, 2.75) is 37.7 Å². The second kappa shape index (κ2) is 11.1. The molecule has 32 heavy (non-hydrogen) atoms. The Hall–Kier alpha value is -2.90. The molecule has 0 aliphatic rings. The van der Waals surface area contributed by atoms with Crippen molar-refractivity contribution in [2.75, 3.05) is 19.5 Å². The van der Waals surface area contributed by atoms with E-state index in [-0.39, 0.29) is 12.2 Å². The van der Waals surface area contributed by atoms with Gasteiger partial charge in [-0.05, 0) is 61.4 Å². The fourth-order valence-electron chi connectivity index (χ4n) is 3.25. The summed E-state index contributed by atoms with van der Waals surface area (Å²) in [5, 5.41) is 3.87. The van der Waals surface area contributed by atoms with E-state index in [1.165, 1.54) is 19.1 Å². The molecule has 7 heteroatoms. The third-order valence-corrected chi connectivity index (χ3v) is 5.79. The van der Waals surface area contributed by atoms with Gasteiger partial charge in [0.1, 0.15) is 12.4 Å². The molecule has 2 atom stereocenters. The molecule has 1 heterocycles. The van der Waals surface area contributed by atoms with Crippen LogP contribution in [-0.2, 0) is 33.2 Å². The van der Waals surface area contributed by atoms with Crippen molar-refractivity contribution in [1.29, 1.82) is 1.43 Å². The molecule has 1 N–H and O–H groups in total. The summed E-state index contributed by atoms with van der Waals surface area (Å²) in [5.74, 6) is -0.948. The van der Waals surface area contributed by atoms with E-state index in [0.717, 1.165) is 21.8 Å². The van der Waals surface area contributed by atoms with Crippen LogP contribution in [0.15, 0.2) is 65.6 Å². The van der Waals surface area contributed by atoms with Gasteiger partial charge in [0.15, 0.2) is 6.08 Å². The highest BCUT2D eigenvalue weighted by atomic mass is 32.2. The molecule has 0 spiro atoms. The summed E-state index contributed by atoms with van der Waals surface area (Å²) in [7, 11) is -1.04. The Balaban J connectivity index is 1.70. The van der Waals surface area contributed by atoms with Gasteiger partial charge < -0.3 is 19.1 Å². The van der Waals surface area contributed by atoms with Crippen LogP contribution in [0.3, 0.4) is 0 Å². The van der Waals surface area contributed by atoms with E-state index in [1.807, 2.05) is 43.3 Å². The fourth-order valence-corrected chi connectivity index (χ4v) is 3.77. The summed E-state index contributed by atoms with van der Waals surface area (Å²) >= 11 is 0. The van der Waals surface area contributed by atoms with Crippen molar-refractivity contribution in [1.82, 2.24) is 4.57 Å². The average molecular weight is 460 g/mol. The molecule has 0 radical (unpaired) electrons. The average Bonchev–Trinajstić information content (AvgIpc) is 3.23. The Morgan fingerprint density at radius 3 is 2.53 bits per heavy atom. The lowest BCUT2D eigenvalue weighted by atomic mass is 10.1. The molecule has 3 rings (SSSR count). The normalized spacial score (nSPS) is 16.1. The number of ether oxygens (including phenoxy) is 2. The Labute approximate surface area is 197 Å². The summed E-state index contributed by atoms with van der Waals surface area (Å²) in [4.78, 5) is 12.7. The number of hydrogen-bond donors (Lipinski definition) is 1. The van der Waals surface area contributed by atoms with Gasteiger partial charge in [-0.25, -0.2) is 4.79 Å². The predicted octanol–water partition coefficient (Wildman–Crippen LogP) is 4.31. The Morgan fingerprint density at radius 2 is 1.91 bits per heavy atom. The Kier molecular flexibility index (Phi) is 6.47. The number of aliphatic carboxylic acids is 1. The smallest absolute Gasteiger partial charge is 0.333 e. The fraction of sp³-hybridized carbons (Fsp3) is 0.320. The summed E-state index contributed by atoms with van der Waals surface area (Å²) in [6.07, 6.45) is -3.65. The molecular weight excluding hydrogens is 426 g/mol. The van der Waals surface area contributed by atoms with Gasteiger partial charge in [-0.2, -0.15) is 0 Å². The highest BCUT2D eigenvalue weighted by Gasteiger charge is 2.17. The lowest BCUT2D eigenvalue weighted by molar-refractivity contribution is -0.149. The number of hydrogen-bond acceptors (Lipinski definition) is 5. The summed E-state index contributed by atoms with van der Waals surface area (Å²) in [5.41, 5.74) is 3.09. The predicted molar refractivity (Wildman–Crippen MR) is 126 cm³/mol. The third kappa shape index (κ3) is 6.08. The van der Waals surface area contributed by atoms with E-state index in [2.05, 4.69) is 9.68 Å². The maximum atomic E-state index is 12.0. The molecule has 0 saturated heterocycles. The number of rotatable bonds is 11. The van der Waals surface area contributed by atoms with Crippen LogP contribution >= 0.6 is 0 Å². The van der Waals surface area contributed by atoms with E-state index in [4.69, 9.17) is 15.0 Å². The molecule has 0 amide bonds. The quantitative estimate of drug-likeness (QED) is 0.462. The minimum Gasteiger partial charge on any atom is -0.492 e. The van der Waals surface area contributed by atoms with Crippen molar-refractivity contribution < 1.29 is 27.7 Å². The molecule has 0 bridgehead atoms. The van der Waals surface area contributed by atoms with Crippen LogP contribution in [0.2, 0.25) is 0 Å². The molecule has 0 saturated carbocycles. The summed E-state index contributed by atoms with van der Waals surface area (Å²) in [6.45, 7) is 4.32. The summed E-state index contributed by atoms with van der Waals surface area (Å²) < 4.78 is 56.4. The minimum absolute atomic E-state index is 0.0173. The lowest BCUT2D eigenvalue weighted by Gasteiger charge is -2.14. The van der Waals surface area contributed by atoms with Crippen molar-refractivity contribution in [3.05, 3.63) is 71.9 Å². The lowest BCUT2D eigenvalue weighted by Crippen LogP contribution is -2.26. The van der Waals surface area contributed by atoms with E-state index in [0.29, 0.717) is 18.9 Å². The van der Waals surface area contributed by atoms with Crippen molar-refractivity contribution in [2.24, 2.45) is 0 Å². The van der Waals surface area contributed by atoms with Gasteiger partial charge in [-0.1, -0.05) is 24.3 Å². The number of carboxylic acid groups (broad SMARTS) is 1.